The van der Waals surface area contributed by atoms with Crippen LogP contribution in [0.3, 0.4) is 0 Å². The second kappa shape index (κ2) is 11.6. The van der Waals surface area contributed by atoms with E-state index in [0.29, 0.717) is 5.56 Å². The molecule has 1 aliphatic heterocycles. The Hall–Kier alpha value is -3.78. The summed E-state index contributed by atoms with van der Waals surface area (Å²) in [5.41, 5.74) is 0.491. The number of likely N-dealkylation sites (tertiary alicyclic amines) is 1. The lowest BCUT2D eigenvalue weighted by molar-refractivity contribution is -0.142. The van der Waals surface area contributed by atoms with Gasteiger partial charge in [0.1, 0.15) is 12.1 Å². The van der Waals surface area contributed by atoms with Gasteiger partial charge in [0.2, 0.25) is 11.8 Å². The van der Waals surface area contributed by atoms with E-state index >= 15 is 0 Å². The van der Waals surface area contributed by atoms with E-state index in [1.165, 1.54) is 4.90 Å². The summed E-state index contributed by atoms with van der Waals surface area (Å²) in [5, 5.41) is 35.6. The van der Waals surface area contributed by atoms with Gasteiger partial charge in [0.05, 0.1) is 12.1 Å². The molecule has 1 aliphatic rings. The van der Waals surface area contributed by atoms with E-state index in [1.54, 1.807) is 45.0 Å². The molecule has 11 nitrogen and oxygen atoms in total. The molecular formula is C24H32N4O7. The van der Waals surface area contributed by atoms with Crippen molar-refractivity contribution < 1.29 is 34.5 Å². The van der Waals surface area contributed by atoms with Crippen molar-refractivity contribution >= 4 is 24.0 Å². The van der Waals surface area contributed by atoms with Gasteiger partial charge in [-0.3, -0.25) is 9.59 Å². The highest BCUT2D eigenvalue weighted by molar-refractivity contribution is 5.92. The number of carbonyl (C=O) groups excluding carboxylic acids is 2. The van der Waals surface area contributed by atoms with Gasteiger partial charge in [-0.2, -0.15) is 0 Å². The Labute approximate surface area is 203 Å². The van der Waals surface area contributed by atoms with Crippen LogP contribution in [0.25, 0.3) is 0 Å². The zero-order chi connectivity index (χ0) is 26.3. The fraction of sp³-hybridized carbons (Fsp3) is 0.500. The smallest absolute Gasteiger partial charge is 0.405 e. The average Bonchev–Trinajstić information content (AvgIpc) is 3.18. The van der Waals surface area contributed by atoms with Gasteiger partial charge in [-0.05, 0) is 36.5 Å². The molecule has 0 bridgehead atoms. The number of benzene rings is 1. The van der Waals surface area contributed by atoms with Gasteiger partial charge in [-0.1, -0.05) is 31.9 Å². The molecular weight excluding hydrogens is 456 g/mol. The minimum Gasteiger partial charge on any atom is -0.465 e. The number of nitrogens with zero attached hydrogens (tertiary/aromatic N) is 1. The Morgan fingerprint density at radius 1 is 1.14 bits per heavy atom. The lowest BCUT2D eigenvalue weighted by atomic mass is 9.80. The number of terminal acetylenes is 1. The summed E-state index contributed by atoms with van der Waals surface area (Å²) in [6.45, 7) is 4.88. The molecule has 1 fully saturated rings. The van der Waals surface area contributed by atoms with Gasteiger partial charge in [0.25, 0.3) is 0 Å². The van der Waals surface area contributed by atoms with Crippen molar-refractivity contribution in [2.75, 3.05) is 13.1 Å². The molecule has 4 amide bonds. The normalized spacial score (nSPS) is 19.2. The van der Waals surface area contributed by atoms with Crippen molar-refractivity contribution in [2.24, 2.45) is 5.41 Å². The first-order chi connectivity index (χ1) is 16.4. The van der Waals surface area contributed by atoms with Gasteiger partial charge >= 0.3 is 12.2 Å². The summed E-state index contributed by atoms with van der Waals surface area (Å²) in [4.78, 5) is 50.0. The SMILES string of the molecule is C#Cc1ccc([C@H](C)NC(=O)[C@@H]2C[C@@H](O)CN2C(=O)[C@H](NC(=O)O)C(C)(C)CCNC(=O)O)cc1. The minimum absolute atomic E-state index is 0.00111. The van der Waals surface area contributed by atoms with Crippen LogP contribution in [0.4, 0.5) is 9.59 Å². The summed E-state index contributed by atoms with van der Waals surface area (Å²) < 4.78 is 0. The van der Waals surface area contributed by atoms with Gasteiger partial charge in [-0.15, -0.1) is 6.42 Å². The van der Waals surface area contributed by atoms with Gasteiger partial charge in [0, 0.05) is 25.1 Å². The summed E-state index contributed by atoms with van der Waals surface area (Å²) in [7, 11) is 0. The highest BCUT2D eigenvalue weighted by Gasteiger charge is 2.45. The molecule has 0 radical (unpaired) electrons. The molecule has 2 rings (SSSR count). The number of carboxylic acid groups (broad SMARTS) is 2. The highest BCUT2D eigenvalue weighted by atomic mass is 16.4. The van der Waals surface area contributed by atoms with Crippen LogP contribution in [-0.2, 0) is 9.59 Å². The molecule has 6 N–H and O–H groups in total. The third-order valence-corrected chi connectivity index (χ3v) is 6.14. The van der Waals surface area contributed by atoms with E-state index in [9.17, 15) is 29.4 Å². The number of hydrogen-bond donors (Lipinski definition) is 6. The molecule has 0 saturated carbocycles. The second-order valence-corrected chi connectivity index (χ2v) is 9.25. The van der Waals surface area contributed by atoms with Crippen LogP contribution < -0.4 is 16.0 Å². The second-order valence-electron chi connectivity index (χ2n) is 9.25. The third-order valence-electron chi connectivity index (χ3n) is 6.14. The maximum Gasteiger partial charge on any atom is 0.405 e. The monoisotopic (exact) mass is 488 g/mol. The van der Waals surface area contributed by atoms with E-state index < -0.39 is 53.6 Å². The molecule has 4 atom stereocenters. The quantitative estimate of drug-likeness (QED) is 0.283. The van der Waals surface area contributed by atoms with Crippen molar-refractivity contribution in [1.82, 2.24) is 20.9 Å². The molecule has 0 aliphatic carbocycles. The van der Waals surface area contributed by atoms with Crippen LogP contribution in [-0.4, -0.2) is 75.5 Å². The Kier molecular flexibility index (Phi) is 9.08. The van der Waals surface area contributed by atoms with E-state index in [0.717, 1.165) is 5.56 Å². The molecule has 1 aromatic rings. The fourth-order valence-electron chi connectivity index (χ4n) is 4.08. The number of amides is 4. The van der Waals surface area contributed by atoms with Crippen molar-refractivity contribution in [2.45, 2.75) is 57.8 Å². The molecule has 1 heterocycles. The first kappa shape index (κ1) is 27.5. The molecule has 1 aromatic carbocycles. The van der Waals surface area contributed by atoms with E-state index in [-0.39, 0.29) is 25.9 Å². The maximum absolute atomic E-state index is 13.5. The lowest BCUT2D eigenvalue weighted by Gasteiger charge is -2.37. The molecule has 11 heteroatoms. The topological polar surface area (TPSA) is 168 Å². The van der Waals surface area contributed by atoms with Crippen LogP contribution in [0.15, 0.2) is 24.3 Å². The molecule has 190 valence electrons. The summed E-state index contributed by atoms with van der Waals surface area (Å²) >= 11 is 0. The summed E-state index contributed by atoms with van der Waals surface area (Å²) in [6, 6.07) is 4.38. The maximum atomic E-state index is 13.5. The first-order valence-corrected chi connectivity index (χ1v) is 11.2. The fourth-order valence-corrected chi connectivity index (χ4v) is 4.08. The molecule has 0 spiro atoms. The number of β-amino-alcohol motifs (C(OH)–C–C–N with tert-alkyl or cyclic N) is 1. The van der Waals surface area contributed by atoms with Crippen LogP contribution in [0.5, 0.6) is 0 Å². The van der Waals surface area contributed by atoms with E-state index in [4.69, 9.17) is 11.5 Å². The Bertz CT molecular complexity index is 987. The Morgan fingerprint density at radius 3 is 2.31 bits per heavy atom. The van der Waals surface area contributed by atoms with E-state index in [1.807, 2.05) is 0 Å². The van der Waals surface area contributed by atoms with Crippen LogP contribution >= 0.6 is 0 Å². The molecule has 0 aromatic heterocycles. The van der Waals surface area contributed by atoms with Crippen molar-refractivity contribution in [3.8, 4) is 12.3 Å². The van der Waals surface area contributed by atoms with Crippen LogP contribution in [0, 0.1) is 17.8 Å². The Balaban J connectivity index is 2.20. The minimum atomic E-state index is -1.44. The molecule has 0 unspecified atom stereocenters. The number of aliphatic hydroxyl groups is 1. The highest BCUT2D eigenvalue weighted by Crippen LogP contribution is 2.29. The van der Waals surface area contributed by atoms with Crippen molar-refractivity contribution in [3.05, 3.63) is 35.4 Å². The number of aliphatic hydroxyl groups excluding tert-OH is 1. The number of rotatable bonds is 9. The number of hydrogen-bond acceptors (Lipinski definition) is 5. The third kappa shape index (κ3) is 7.35. The zero-order valence-corrected chi connectivity index (χ0v) is 19.9. The lowest BCUT2D eigenvalue weighted by Crippen LogP contribution is -2.58. The number of carbonyl (C=O) groups is 4. The molecule has 1 saturated heterocycles. The van der Waals surface area contributed by atoms with Gasteiger partial charge in [0.15, 0.2) is 0 Å². The van der Waals surface area contributed by atoms with Gasteiger partial charge < -0.3 is 36.2 Å². The van der Waals surface area contributed by atoms with Crippen molar-refractivity contribution in [3.63, 3.8) is 0 Å². The average molecular weight is 489 g/mol. The number of nitrogens with one attached hydrogen (secondary N) is 3. The Morgan fingerprint density at radius 2 is 1.77 bits per heavy atom. The van der Waals surface area contributed by atoms with E-state index in [2.05, 4.69) is 21.9 Å². The predicted molar refractivity (Wildman–Crippen MR) is 126 cm³/mol. The molecule has 35 heavy (non-hydrogen) atoms. The largest absolute Gasteiger partial charge is 0.465 e. The predicted octanol–water partition coefficient (Wildman–Crippen LogP) is 1.13. The van der Waals surface area contributed by atoms with Gasteiger partial charge in [-0.25, -0.2) is 9.59 Å². The first-order valence-electron chi connectivity index (χ1n) is 11.2. The van der Waals surface area contributed by atoms with Crippen molar-refractivity contribution in [1.29, 1.82) is 0 Å². The zero-order valence-electron chi connectivity index (χ0n) is 19.9. The van der Waals surface area contributed by atoms with Crippen LogP contribution in [0.2, 0.25) is 0 Å². The summed E-state index contributed by atoms with van der Waals surface area (Å²) in [6.07, 6.45) is 1.88. The summed E-state index contributed by atoms with van der Waals surface area (Å²) in [5.74, 6) is 1.36. The standard InChI is InChI=1S/C24H32N4O7/c1-5-15-6-8-16(9-7-15)14(2)26-20(30)18-12-17(29)13-28(18)21(31)19(27-23(34)35)24(3,4)10-11-25-22(32)33/h1,6-9,14,17-19,25,27,29H,10-13H2,2-4H3,(H,26,30)(H,32,33)(H,34,35)/t14-,17+,18-,19-/m0/s1. The van der Waals surface area contributed by atoms with Crippen LogP contribution in [0.1, 0.15) is 50.8 Å².